The lowest BCUT2D eigenvalue weighted by Gasteiger charge is -2.34. The minimum atomic E-state index is -0.824. The van der Waals surface area contributed by atoms with Gasteiger partial charge >= 0.3 is 26.0 Å². The van der Waals surface area contributed by atoms with Crippen LogP contribution in [0.25, 0.3) is 0 Å². The van der Waals surface area contributed by atoms with Gasteiger partial charge < -0.3 is 29.5 Å². The van der Waals surface area contributed by atoms with Crippen LogP contribution in [0.3, 0.4) is 0 Å². The Bertz CT molecular complexity index is 438. The van der Waals surface area contributed by atoms with Crippen LogP contribution in [-0.2, 0) is 14.3 Å². The highest BCUT2D eigenvalue weighted by Crippen LogP contribution is 2.19. The van der Waals surface area contributed by atoms with Gasteiger partial charge in [-0.2, -0.15) is 0 Å². The van der Waals surface area contributed by atoms with Crippen molar-refractivity contribution in [2.24, 2.45) is 0 Å². The Balaban J connectivity index is 0.000000251. The van der Waals surface area contributed by atoms with Gasteiger partial charge in [-0.05, 0) is 52.4 Å². The minimum absolute atomic E-state index is 0.236. The molecule has 0 aromatic heterocycles. The Kier molecular flexibility index (Phi) is 9.48. The summed E-state index contributed by atoms with van der Waals surface area (Å²) in [6.07, 6.45) is 5.44. The van der Waals surface area contributed by atoms with Crippen molar-refractivity contribution < 1.29 is 29.5 Å². The molecule has 0 bridgehead atoms. The molecule has 2 unspecified atom stereocenters. The maximum Gasteiger partial charge on any atom is 0.377 e. The second-order valence-corrected chi connectivity index (χ2v) is 6.62. The van der Waals surface area contributed by atoms with Crippen molar-refractivity contribution >= 4 is 26.0 Å². The van der Waals surface area contributed by atoms with Crippen molar-refractivity contribution in [3.05, 3.63) is 0 Å². The van der Waals surface area contributed by atoms with Gasteiger partial charge in [-0.1, -0.05) is 12.8 Å². The summed E-state index contributed by atoms with van der Waals surface area (Å²) in [7, 11) is 0.174. The molecule has 2 heterocycles. The molecule has 0 aliphatic carbocycles. The van der Waals surface area contributed by atoms with E-state index in [1.807, 2.05) is 0 Å². The van der Waals surface area contributed by atoms with Crippen LogP contribution in [0.1, 0.15) is 38.5 Å². The molecule has 0 spiro atoms. The molecule has 0 amide bonds. The first-order valence-corrected chi connectivity index (χ1v) is 8.97. The van der Waals surface area contributed by atoms with E-state index in [4.69, 9.17) is 5.11 Å². The van der Waals surface area contributed by atoms with Gasteiger partial charge in [0, 0.05) is 0 Å². The Labute approximate surface area is 150 Å². The molecule has 25 heavy (non-hydrogen) atoms. The summed E-state index contributed by atoms with van der Waals surface area (Å²) in [5.74, 6) is -1.06. The van der Waals surface area contributed by atoms with Gasteiger partial charge in [-0.3, -0.25) is 9.59 Å². The average molecular weight is 356 g/mol. The zero-order chi connectivity index (χ0) is 19.0. The molecule has 8 nitrogen and oxygen atoms in total. The number of rotatable bonds is 4. The fourth-order valence-electron chi connectivity index (χ4n) is 3.46. The number of aliphatic carboxylic acids is 1. The predicted octanol–water partition coefficient (Wildman–Crippen LogP) is 0.160. The first kappa shape index (κ1) is 22.0. The number of carboxylic acid groups (broad SMARTS) is 1. The van der Waals surface area contributed by atoms with Gasteiger partial charge in [0.05, 0.1) is 7.11 Å². The first-order valence-electron chi connectivity index (χ1n) is 8.97. The molecule has 2 aliphatic heterocycles. The number of carbonyl (C=O) groups excluding carboxylic acids is 1. The van der Waals surface area contributed by atoms with Crippen LogP contribution in [0.4, 0.5) is 0 Å². The summed E-state index contributed by atoms with van der Waals surface area (Å²) in [6.45, 7) is 4.76. The highest BCUT2D eigenvalue weighted by Gasteiger charge is 2.33. The Hall–Kier alpha value is -1.09. The average Bonchev–Trinajstić information content (AvgIpc) is 2.61. The number of carboxylic acids is 1. The van der Waals surface area contributed by atoms with Gasteiger partial charge in [0.15, 0.2) is 0 Å². The van der Waals surface area contributed by atoms with Crippen LogP contribution in [0.5, 0.6) is 0 Å². The molecule has 2 aliphatic rings. The molecule has 2 rings (SSSR count). The third-order valence-electron chi connectivity index (χ3n) is 4.81. The van der Waals surface area contributed by atoms with Crippen molar-refractivity contribution in [1.29, 1.82) is 0 Å². The van der Waals surface area contributed by atoms with Crippen molar-refractivity contribution in [2.75, 3.05) is 20.2 Å². The number of esters is 1. The number of hydrogen-bond donors (Lipinski definition) is 3. The smallest absolute Gasteiger partial charge is 0.377 e. The summed E-state index contributed by atoms with van der Waals surface area (Å²) >= 11 is 0. The molecule has 10 heteroatoms. The normalized spacial score (nSPS) is 24.7. The van der Waals surface area contributed by atoms with E-state index in [0.717, 1.165) is 38.6 Å². The highest BCUT2D eigenvalue weighted by molar-refractivity contribution is 6.46. The van der Waals surface area contributed by atoms with Crippen molar-refractivity contribution in [2.45, 2.75) is 64.3 Å². The molecule has 0 radical (unpaired) electrons. The molecule has 142 valence electrons. The molecule has 2 fully saturated rings. The number of piperidine rings is 2. The number of hydrogen-bond acceptors (Lipinski definition) is 7. The quantitative estimate of drug-likeness (QED) is 0.483. The zero-order valence-electron chi connectivity index (χ0n) is 15.4. The van der Waals surface area contributed by atoms with E-state index in [2.05, 4.69) is 4.74 Å². The molecule has 2 atom stereocenters. The summed E-state index contributed by atoms with van der Waals surface area (Å²) in [5, 5.41) is 27.5. The van der Waals surface area contributed by atoms with Gasteiger partial charge in [-0.25, -0.2) is 0 Å². The molecular formula is C15H30B2N2O6. The van der Waals surface area contributed by atoms with Crippen LogP contribution >= 0.6 is 0 Å². The minimum Gasteiger partial charge on any atom is -0.480 e. The fraction of sp³-hybridized carbons (Fsp3) is 0.867. The Morgan fingerprint density at radius 3 is 1.72 bits per heavy atom. The lowest BCUT2D eigenvalue weighted by Crippen LogP contribution is -2.51. The van der Waals surface area contributed by atoms with Gasteiger partial charge in [0.2, 0.25) is 0 Å². The maximum absolute atomic E-state index is 11.3. The summed E-state index contributed by atoms with van der Waals surface area (Å²) in [5.41, 5.74) is 0. The van der Waals surface area contributed by atoms with Crippen molar-refractivity contribution in [3.63, 3.8) is 0 Å². The fourth-order valence-corrected chi connectivity index (χ4v) is 3.46. The molecule has 0 aromatic carbocycles. The number of methoxy groups -OCH3 is 1. The summed E-state index contributed by atoms with van der Waals surface area (Å²) in [6, 6.07) is -0.738. The maximum atomic E-state index is 11.3. The molecule has 0 saturated carbocycles. The second kappa shape index (κ2) is 10.8. The summed E-state index contributed by atoms with van der Waals surface area (Å²) < 4.78 is 4.68. The van der Waals surface area contributed by atoms with Crippen LogP contribution < -0.4 is 0 Å². The van der Waals surface area contributed by atoms with Gasteiger partial charge in [-0.15, -0.1) is 0 Å². The second-order valence-electron chi connectivity index (χ2n) is 6.62. The zero-order valence-corrected chi connectivity index (χ0v) is 15.4. The Morgan fingerprint density at radius 1 is 0.920 bits per heavy atom. The van der Waals surface area contributed by atoms with Crippen molar-refractivity contribution in [1.82, 2.24) is 9.62 Å². The third kappa shape index (κ3) is 6.62. The van der Waals surface area contributed by atoms with E-state index in [0.29, 0.717) is 13.0 Å². The number of nitrogens with zero attached hydrogens (tertiary/aromatic N) is 2. The van der Waals surface area contributed by atoms with E-state index in [-0.39, 0.29) is 12.0 Å². The molecule has 2 saturated heterocycles. The lowest BCUT2D eigenvalue weighted by molar-refractivity contribution is -0.146. The molecule has 0 aromatic rings. The van der Waals surface area contributed by atoms with Gasteiger partial charge in [0.25, 0.3) is 0 Å². The highest BCUT2D eigenvalue weighted by atomic mass is 16.5. The van der Waals surface area contributed by atoms with Crippen LogP contribution in [0.2, 0.25) is 13.6 Å². The predicted molar refractivity (Wildman–Crippen MR) is 96.0 cm³/mol. The largest absolute Gasteiger partial charge is 0.480 e. The molecule has 3 N–H and O–H groups in total. The third-order valence-corrected chi connectivity index (χ3v) is 4.81. The van der Waals surface area contributed by atoms with Crippen LogP contribution in [-0.4, -0.2) is 83.1 Å². The SMILES string of the molecule is CB(O)N1CCCCC1C(=O)O.COC(=O)C1CCCCN1B(C)O. The van der Waals surface area contributed by atoms with E-state index >= 15 is 0 Å². The van der Waals surface area contributed by atoms with E-state index in [1.165, 1.54) is 7.11 Å². The number of carbonyl (C=O) groups is 2. The summed E-state index contributed by atoms with van der Waals surface area (Å²) in [4.78, 5) is 25.4. The Morgan fingerprint density at radius 2 is 1.36 bits per heavy atom. The van der Waals surface area contributed by atoms with Crippen LogP contribution in [0.15, 0.2) is 0 Å². The molecular weight excluding hydrogens is 326 g/mol. The van der Waals surface area contributed by atoms with Gasteiger partial charge in [0.1, 0.15) is 12.1 Å². The van der Waals surface area contributed by atoms with E-state index in [9.17, 15) is 19.6 Å². The topological polar surface area (TPSA) is 111 Å². The monoisotopic (exact) mass is 356 g/mol. The van der Waals surface area contributed by atoms with E-state index in [1.54, 1.807) is 23.3 Å². The lowest BCUT2D eigenvalue weighted by atomic mass is 9.80. The first-order chi connectivity index (χ1) is 11.8. The van der Waals surface area contributed by atoms with Crippen molar-refractivity contribution in [3.8, 4) is 0 Å². The standard InChI is InChI=1S/C8H16BNO3.C7H14BNO3/c1-9(12)10-6-4-3-5-7(10)8(11)13-2;1-8(12)9-5-3-2-4-6(9)7(10)11/h7,12H,3-6H2,1-2H3;6,12H,2-5H2,1H3,(H,10,11). The van der Waals surface area contributed by atoms with E-state index < -0.39 is 26.1 Å². The number of ether oxygens (including phenoxy) is 1. The van der Waals surface area contributed by atoms with Crippen LogP contribution in [0, 0.1) is 0 Å².